The summed E-state index contributed by atoms with van der Waals surface area (Å²) >= 11 is 0. The molecule has 1 aliphatic heterocycles. The Morgan fingerprint density at radius 1 is 1.58 bits per heavy atom. The van der Waals surface area contributed by atoms with Crippen molar-refractivity contribution in [2.45, 2.75) is 19.3 Å². The van der Waals surface area contributed by atoms with Gasteiger partial charge in [0, 0.05) is 5.41 Å². The number of hydrogen-bond acceptors (Lipinski definition) is 3. The third-order valence-corrected chi connectivity index (χ3v) is 3.05. The van der Waals surface area contributed by atoms with Crippen molar-refractivity contribution in [2.75, 3.05) is 20.3 Å². The first-order valence-electron chi connectivity index (χ1n) is 4.41. The summed E-state index contributed by atoms with van der Waals surface area (Å²) in [5, 5.41) is 0. The average Bonchev–Trinajstić information content (AvgIpc) is 2.46. The van der Waals surface area contributed by atoms with Gasteiger partial charge in [-0.1, -0.05) is 0 Å². The highest BCUT2D eigenvalue weighted by atomic mass is 16.5. The Kier molecular flexibility index (Phi) is 1.83. The van der Waals surface area contributed by atoms with Crippen LogP contribution in [0.3, 0.4) is 0 Å². The summed E-state index contributed by atoms with van der Waals surface area (Å²) in [6.07, 6.45) is 3.09. The van der Waals surface area contributed by atoms with Gasteiger partial charge in [-0.05, 0) is 19.3 Å². The Bertz CT molecular complexity index is 196. The lowest BCUT2D eigenvalue weighted by molar-refractivity contribution is -0.147. The summed E-state index contributed by atoms with van der Waals surface area (Å²) in [5.41, 5.74) is 0.346. The minimum Gasteiger partial charge on any atom is -0.469 e. The zero-order chi connectivity index (χ0) is 8.60. The molecule has 2 rings (SSSR count). The highest BCUT2D eigenvalue weighted by Crippen LogP contribution is 2.47. The standard InChI is InChI=1S/C9H14O3/c1-11-8(10)7-2-3-9(4-7)5-12-6-9/h7H,2-6H2,1H3. The van der Waals surface area contributed by atoms with Crippen LogP contribution in [0, 0.1) is 11.3 Å². The van der Waals surface area contributed by atoms with E-state index in [-0.39, 0.29) is 11.9 Å². The molecule has 1 saturated heterocycles. The van der Waals surface area contributed by atoms with Gasteiger partial charge in [0.1, 0.15) is 0 Å². The van der Waals surface area contributed by atoms with Gasteiger partial charge in [0.05, 0.1) is 26.2 Å². The van der Waals surface area contributed by atoms with Crippen LogP contribution in [-0.2, 0) is 14.3 Å². The second kappa shape index (κ2) is 2.73. The Morgan fingerprint density at radius 3 is 2.75 bits per heavy atom. The van der Waals surface area contributed by atoms with E-state index in [0.717, 1.165) is 32.5 Å². The molecule has 2 aliphatic rings. The van der Waals surface area contributed by atoms with E-state index < -0.39 is 0 Å². The molecule has 12 heavy (non-hydrogen) atoms. The molecule has 2 fully saturated rings. The second-order valence-corrected chi connectivity index (χ2v) is 3.96. The average molecular weight is 170 g/mol. The van der Waals surface area contributed by atoms with Gasteiger partial charge in [0.25, 0.3) is 0 Å². The third kappa shape index (κ3) is 1.12. The third-order valence-electron chi connectivity index (χ3n) is 3.05. The number of methoxy groups -OCH3 is 1. The summed E-state index contributed by atoms with van der Waals surface area (Å²) in [5.74, 6) is 0.0951. The van der Waals surface area contributed by atoms with Crippen LogP contribution in [0.5, 0.6) is 0 Å². The smallest absolute Gasteiger partial charge is 0.308 e. The molecular formula is C9H14O3. The van der Waals surface area contributed by atoms with Gasteiger partial charge < -0.3 is 9.47 Å². The zero-order valence-corrected chi connectivity index (χ0v) is 7.34. The highest BCUT2D eigenvalue weighted by molar-refractivity contribution is 5.72. The minimum atomic E-state index is -0.0428. The van der Waals surface area contributed by atoms with Gasteiger partial charge in [0.2, 0.25) is 0 Å². The van der Waals surface area contributed by atoms with E-state index >= 15 is 0 Å². The largest absolute Gasteiger partial charge is 0.469 e. The van der Waals surface area contributed by atoms with E-state index in [2.05, 4.69) is 0 Å². The molecule has 1 saturated carbocycles. The first-order chi connectivity index (χ1) is 5.76. The van der Waals surface area contributed by atoms with Gasteiger partial charge >= 0.3 is 5.97 Å². The van der Waals surface area contributed by atoms with Crippen LogP contribution in [0.1, 0.15) is 19.3 Å². The maximum absolute atomic E-state index is 11.2. The van der Waals surface area contributed by atoms with E-state index in [1.165, 1.54) is 7.11 Å². The molecule has 0 N–H and O–H groups in total. The number of esters is 1. The van der Waals surface area contributed by atoms with Crippen LogP contribution < -0.4 is 0 Å². The lowest BCUT2D eigenvalue weighted by Crippen LogP contribution is -2.40. The van der Waals surface area contributed by atoms with Crippen molar-refractivity contribution in [2.24, 2.45) is 11.3 Å². The van der Waals surface area contributed by atoms with Gasteiger partial charge in [-0.2, -0.15) is 0 Å². The summed E-state index contributed by atoms with van der Waals surface area (Å²) in [6.45, 7) is 1.70. The summed E-state index contributed by atoms with van der Waals surface area (Å²) in [4.78, 5) is 11.2. The number of carbonyl (C=O) groups excluding carboxylic acids is 1. The molecule has 0 aromatic rings. The number of hydrogen-bond donors (Lipinski definition) is 0. The van der Waals surface area contributed by atoms with E-state index in [9.17, 15) is 4.79 Å². The lowest BCUT2D eigenvalue weighted by atomic mass is 9.83. The summed E-state index contributed by atoms with van der Waals surface area (Å²) in [7, 11) is 1.46. The molecule has 1 atom stereocenters. The Morgan fingerprint density at radius 2 is 2.33 bits per heavy atom. The molecule has 1 spiro atoms. The maximum Gasteiger partial charge on any atom is 0.308 e. The molecular weight excluding hydrogens is 156 g/mol. The Labute approximate surface area is 72.0 Å². The van der Waals surface area contributed by atoms with Crippen molar-refractivity contribution >= 4 is 5.97 Å². The normalized spacial score (nSPS) is 31.6. The predicted octanol–water partition coefficient (Wildman–Crippen LogP) is 0.976. The fraction of sp³-hybridized carbons (Fsp3) is 0.889. The summed E-state index contributed by atoms with van der Waals surface area (Å²) < 4.78 is 9.89. The van der Waals surface area contributed by atoms with Crippen LogP contribution >= 0.6 is 0 Å². The fourth-order valence-electron chi connectivity index (χ4n) is 2.23. The highest BCUT2D eigenvalue weighted by Gasteiger charge is 2.47. The predicted molar refractivity (Wildman–Crippen MR) is 42.6 cm³/mol. The number of carbonyl (C=O) groups is 1. The fourth-order valence-corrected chi connectivity index (χ4v) is 2.23. The van der Waals surface area contributed by atoms with Crippen molar-refractivity contribution in [3.8, 4) is 0 Å². The monoisotopic (exact) mass is 170 g/mol. The summed E-state index contributed by atoms with van der Waals surface area (Å²) in [6, 6.07) is 0. The first-order valence-corrected chi connectivity index (χ1v) is 4.41. The zero-order valence-electron chi connectivity index (χ0n) is 7.34. The molecule has 0 aromatic carbocycles. The van der Waals surface area contributed by atoms with E-state index in [1.54, 1.807) is 0 Å². The number of ether oxygens (including phenoxy) is 2. The Balaban J connectivity index is 1.93. The Hall–Kier alpha value is -0.570. The molecule has 3 heteroatoms. The van der Waals surface area contributed by atoms with Crippen LogP contribution in [0.2, 0.25) is 0 Å². The van der Waals surface area contributed by atoms with Gasteiger partial charge in [-0.15, -0.1) is 0 Å². The minimum absolute atomic E-state index is 0.0428. The van der Waals surface area contributed by atoms with Crippen molar-refractivity contribution in [1.82, 2.24) is 0 Å². The number of rotatable bonds is 1. The first kappa shape index (κ1) is 8.05. The van der Waals surface area contributed by atoms with Crippen LogP contribution in [-0.4, -0.2) is 26.3 Å². The molecule has 0 aromatic heterocycles. The SMILES string of the molecule is COC(=O)C1CCC2(COC2)C1. The van der Waals surface area contributed by atoms with Gasteiger partial charge in [-0.25, -0.2) is 0 Å². The van der Waals surface area contributed by atoms with Gasteiger partial charge in [0.15, 0.2) is 0 Å². The quantitative estimate of drug-likeness (QED) is 0.550. The second-order valence-electron chi connectivity index (χ2n) is 3.96. The van der Waals surface area contributed by atoms with E-state index in [4.69, 9.17) is 9.47 Å². The van der Waals surface area contributed by atoms with Gasteiger partial charge in [-0.3, -0.25) is 4.79 Å². The van der Waals surface area contributed by atoms with Crippen molar-refractivity contribution in [3.63, 3.8) is 0 Å². The molecule has 0 radical (unpaired) electrons. The molecule has 1 unspecified atom stereocenters. The molecule has 68 valence electrons. The maximum atomic E-state index is 11.2. The lowest BCUT2D eigenvalue weighted by Gasteiger charge is -2.38. The molecule has 1 heterocycles. The molecule has 0 amide bonds. The van der Waals surface area contributed by atoms with Crippen molar-refractivity contribution < 1.29 is 14.3 Å². The van der Waals surface area contributed by atoms with E-state index in [0.29, 0.717) is 5.41 Å². The van der Waals surface area contributed by atoms with Crippen molar-refractivity contribution in [3.05, 3.63) is 0 Å². The van der Waals surface area contributed by atoms with Crippen LogP contribution in [0.25, 0.3) is 0 Å². The van der Waals surface area contributed by atoms with Crippen LogP contribution in [0.15, 0.2) is 0 Å². The molecule has 1 aliphatic carbocycles. The van der Waals surface area contributed by atoms with E-state index in [1.807, 2.05) is 0 Å². The molecule has 3 nitrogen and oxygen atoms in total. The van der Waals surface area contributed by atoms with Crippen LogP contribution in [0.4, 0.5) is 0 Å². The topological polar surface area (TPSA) is 35.5 Å². The molecule has 0 bridgehead atoms. The van der Waals surface area contributed by atoms with Crippen molar-refractivity contribution in [1.29, 1.82) is 0 Å².